The molecular formula is C20H25ClN2O2. The number of aryl methyl sites for hydroxylation is 2. The SMILES string of the molecule is CCCOc1c(Cl)cc(/C=N/Nc2ccc(C)c(C)c2)cc1OCC. The Balaban J connectivity index is 2.16. The lowest BCUT2D eigenvalue weighted by Crippen LogP contribution is -2.02. The molecule has 0 spiro atoms. The zero-order valence-corrected chi connectivity index (χ0v) is 16.0. The van der Waals surface area contributed by atoms with Crippen LogP contribution in [0.15, 0.2) is 35.4 Å². The van der Waals surface area contributed by atoms with E-state index in [4.69, 9.17) is 21.1 Å². The summed E-state index contributed by atoms with van der Waals surface area (Å²) in [5.74, 6) is 1.22. The molecule has 0 bridgehead atoms. The first-order valence-electron chi connectivity index (χ1n) is 8.50. The number of halogens is 1. The maximum atomic E-state index is 6.35. The predicted octanol–water partition coefficient (Wildman–Crippen LogP) is 5.59. The van der Waals surface area contributed by atoms with Gasteiger partial charge >= 0.3 is 0 Å². The molecule has 1 N–H and O–H groups in total. The predicted molar refractivity (Wildman–Crippen MR) is 106 cm³/mol. The van der Waals surface area contributed by atoms with Crippen LogP contribution in [0.1, 0.15) is 37.0 Å². The van der Waals surface area contributed by atoms with Crippen LogP contribution in [0.3, 0.4) is 0 Å². The van der Waals surface area contributed by atoms with Crippen molar-refractivity contribution in [2.24, 2.45) is 5.10 Å². The van der Waals surface area contributed by atoms with Crippen molar-refractivity contribution in [3.63, 3.8) is 0 Å². The molecule has 0 aliphatic heterocycles. The van der Waals surface area contributed by atoms with E-state index in [0.29, 0.717) is 29.7 Å². The highest BCUT2D eigenvalue weighted by molar-refractivity contribution is 6.32. The molecule has 0 radical (unpaired) electrons. The van der Waals surface area contributed by atoms with Crippen LogP contribution in [0.4, 0.5) is 5.69 Å². The summed E-state index contributed by atoms with van der Waals surface area (Å²) in [6.45, 7) is 9.28. The first-order valence-corrected chi connectivity index (χ1v) is 8.88. The molecule has 0 amide bonds. The molecule has 0 atom stereocenters. The van der Waals surface area contributed by atoms with Gasteiger partial charge in [-0.2, -0.15) is 5.10 Å². The molecule has 2 rings (SSSR count). The number of anilines is 1. The maximum absolute atomic E-state index is 6.35. The maximum Gasteiger partial charge on any atom is 0.179 e. The molecule has 2 aromatic rings. The van der Waals surface area contributed by atoms with Crippen molar-refractivity contribution in [3.05, 3.63) is 52.0 Å². The Morgan fingerprint density at radius 2 is 1.88 bits per heavy atom. The van der Waals surface area contributed by atoms with Gasteiger partial charge in [-0.3, -0.25) is 5.43 Å². The highest BCUT2D eigenvalue weighted by Gasteiger charge is 2.11. The normalized spacial score (nSPS) is 10.9. The third kappa shape index (κ3) is 5.40. The average molecular weight is 361 g/mol. The summed E-state index contributed by atoms with van der Waals surface area (Å²) in [6.07, 6.45) is 2.62. The van der Waals surface area contributed by atoms with Gasteiger partial charge in [0.15, 0.2) is 11.5 Å². The number of hydrogen-bond donors (Lipinski definition) is 1. The summed E-state index contributed by atoms with van der Waals surface area (Å²) in [4.78, 5) is 0. The summed E-state index contributed by atoms with van der Waals surface area (Å²) in [5, 5.41) is 4.81. The second kappa shape index (κ2) is 9.33. The lowest BCUT2D eigenvalue weighted by atomic mass is 10.1. The van der Waals surface area contributed by atoms with Crippen molar-refractivity contribution in [3.8, 4) is 11.5 Å². The summed E-state index contributed by atoms with van der Waals surface area (Å²) in [5.41, 5.74) is 7.30. The van der Waals surface area contributed by atoms with E-state index in [2.05, 4.69) is 36.5 Å². The van der Waals surface area contributed by atoms with E-state index in [1.165, 1.54) is 11.1 Å². The van der Waals surface area contributed by atoms with Gasteiger partial charge in [-0.05, 0) is 68.1 Å². The van der Waals surface area contributed by atoms with Gasteiger partial charge in [0.25, 0.3) is 0 Å². The zero-order valence-electron chi connectivity index (χ0n) is 15.2. The molecule has 134 valence electrons. The first kappa shape index (κ1) is 19.1. The molecule has 0 aromatic heterocycles. The van der Waals surface area contributed by atoms with Crippen molar-refractivity contribution < 1.29 is 9.47 Å². The largest absolute Gasteiger partial charge is 0.490 e. The van der Waals surface area contributed by atoms with Gasteiger partial charge in [0.05, 0.1) is 30.1 Å². The molecule has 0 heterocycles. The third-order valence-corrected chi connectivity index (χ3v) is 3.98. The number of hydrazone groups is 1. The van der Waals surface area contributed by atoms with E-state index in [9.17, 15) is 0 Å². The van der Waals surface area contributed by atoms with Gasteiger partial charge in [-0.1, -0.05) is 24.6 Å². The van der Waals surface area contributed by atoms with Crippen LogP contribution >= 0.6 is 11.6 Å². The molecule has 0 aliphatic rings. The van der Waals surface area contributed by atoms with Crippen LogP contribution in [-0.4, -0.2) is 19.4 Å². The quantitative estimate of drug-likeness (QED) is 0.493. The van der Waals surface area contributed by atoms with E-state index in [-0.39, 0.29) is 0 Å². The number of nitrogens with one attached hydrogen (secondary N) is 1. The average Bonchev–Trinajstić information content (AvgIpc) is 2.58. The number of hydrogen-bond acceptors (Lipinski definition) is 4. The highest BCUT2D eigenvalue weighted by Crippen LogP contribution is 2.36. The minimum Gasteiger partial charge on any atom is -0.490 e. The molecule has 25 heavy (non-hydrogen) atoms. The fourth-order valence-electron chi connectivity index (χ4n) is 2.26. The molecule has 0 saturated carbocycles. The van der Waals surface area contributed by atoms with E-state index < -0.39 is 0 Å². The minimum atomic E-state index is 0.520. The summed E-state index contributed by atoms with van der Waals surface area (Å²) < 4.78 is 11.4. The number of rotatable bonds is 8. The van der Waals surface area contributed by atoms with Crippen molar-refractivity contribution in [1.82, 2.24) is 0 Å². The second-order valence-electron chi connectivity index (χ2n) is 5.78. The molecule has 0 unspecified atom stereocenters. The van der Waals surface area contributed by atoms with E-state index in [1.807, 2.05) is 32.0 Å². The lowest BCUT2D eigenvalue weighted by Gasteiger charge is -2.13. The smallest absolute Gasteiger partial charge is 0.179 e. The molecule has 4 nitrogen and oxygen atoms in total. The summed E-state index contributed by atoms with van der Waals surface area (Å²) in [7, 11) is 0. The van der Waals surface area contributed by atoms with Crippen LogP contribution in [0.25, 0.3) is 0 Å². The number of nitrogens with zero attached hydrogens (tertiary/aromatic N) is 1. The van der Waals surface area contributed by atoms with Crippen LogP contribution in [0, 0.1) is 13.8 Å². The zero-order chi connectivity index (χ0) is 18.2. The standard InChI is InChI=1S/C20H25ClN2O2/c1-5-9-25-20-18(21)11-16(12-19(20)24-6-2)13-22-23-17-8-7-14(3)15(4)10-17/h7-8,10-13,23H,5-6,9H2,1-4H3/b22-13+. The van der Waals surface area contributed by atoms with E-state index >= 15 is 0 Å². The Morgan fingerprint density at radius 1 is 1.08 bits per heavy atom. The Labute approximate surface area is 154 Å². The van der Waals surface area contributed by atoms with Gasteiger partial charge in [-0.15, -0.1) is 0 Å². The Hall–Kier alpha value is -2.20. The van der Waals surface area contributed by atoms with Crippen LogP contribution < -0.4 is 14.9 Å². The van der Waals surface area contributed by atoms with E-state index in [0.717, 1.165) is 17.7 Å². The van der Waals surface area contributed by atoms with Crippen LogP contribution in [-0.2, 0) is 0 Å². The Morgan fingerprint density at radius 3 is 2.56 bits per heavy atom. The Kier molecular flexibility index (Phi) is 7.14. The topological polar surface area (TPSA) is 42.8 Å². The first-order chi connectivity index (χ1) is 12.0. The van der Waals surface area contributed by atoms with Crippen LogP contribution in [0.2, 0.25) is 5.02 Å². The molecule has 0 fully saturated rings. The van der Waals surface area contributed by atoms with Crippen molar-refractivity contribution in [1.29, 1.82) is 0 Å². The third-order valence-electron chi connectivity index (χ3n) is 3.70. The monoisotopic (exact) mass is 360 g/mol. The van der Waals surface area contributed by atoms with E-state index in [1.54, 1.807) is 6.21 Å². The molecule has 2 aromatic carbocycles. The highest BCUT2D eigenvalue weighted by atomic mass is 35.5. The molecule has 0 aliphatic carbocycles. The fourth-order valence-corrected chi connectivity index (χ4v) is 2.54. The van der Waals surface area contributed by atoms with Crippen molar-refractivity contribution in [2.45, 2.75) is 34.1 Å². The number of ether oxygens (including phenoxy) is 2. The van der Waals surface area contributed by atoms with Gasteiger partial charge in [0.1, 0.15) is 0 Å². The summed E-state index contributed by atoms with van der Waals surface area (Å²) >= 11 is 6.35. The van der Waals surface area contributed by atoms with Gasteiger partial charge in [-0.25, -0.2) is 0 Å². The van der Waals surface area contributed by atoms with Crippen molar-refractivity contribution in [2.75, 3.05) is 18.6 Å². The Bertz CT molecular complexity index is 745. The lowest BCUT2D eigenvalue weighted by molar-refractivity contribution is 0.277. The van der Waals surface area contributed by atoms with Gasteiger partial charge in [0.2, 0.25) is 0 Å². The van der Waals surface area contributed by atoms with Crippen molar-refractivity contribution >= 4 is 23.5 Å². The van der Waals surface area contributed by atoms with Crippen LogP contribution in [0.5, 0.6) is 11.5 Å². The van der Waals surface area contributed by atoms with Gasteiger partial charge in [0, 0.05) is 0 Å². The summed E-state index contributed by atoms with van der Waals surface area (Å²) in [6, 6.07) is 9.83. The molecular weight excluding hydrogens is 336 g/mol. The molecule has 0 saturated heterocycles. The minimum absolute atomic E-state index is 0.520. The fraction of sp³-hybridized carbons (Fsp3) is 0.350. The number of benzene rings is 2. The van der Waals surface area contributed by atoms with Gasteiger partial charge < -0.3 is 9.47 Å². The molecule has 5 heteroatoms. The second-order valence-corrected chi connectivity index (χ2v) is 6.19.